The molecule has 0 radical (unpaired) electrons. The van der Waals surface area contributed by atoms with Crippen molar-refractivity contribution in [2.24, 2.45) is 0 Å². The number of carbonyl (C=O) groups is 1. The minimum absolute atomic E-state index is 0.0960. The number of halogens is 2. The van der Waals surface area contributed by atoms with E-state index in [0.29, 0.717) is 27.1 Å². The average molecular weight is 296 g/mol. The maximum atomic E-state index is 12.0. The third-order valence-electron chi connectivity index (χ3n) is 2.94. The van der Waals surface area contributed by atoms with Crippen LogP contribution in [-0.4, -0.2) is 23.2 Å². The first-order chi connectivity index (χ1) is 7.98. The van der Waals surface area contributed by atoms with E-state index in [4.69, 9.17) is 23.2 Å². The Balaban J connectivity index is 2.88. The summed E-state index contributed by atoms with van der Waals surface area (Å²) in [5.41, 5.74) is -0.226. The fraction of sp³-hybridized carbons (Fsp3) is 0.545. The van der Waals surface area contributed by atoms with Crippen LogP contribution in [0.1, 0.15) is 37.0 Å². The normalized spacial score (nSPS) is 11.6. The van der Waals surface area contributed by atoms with Crippen LogP contribution in [-0.2, 0) is 0 Å². The number of thiophene rings is 1. The van der Waals surface area contributed by atoms with Crippen molar-refractivity contribution in [3.8, 4) is 0 Å². The van der Waals surface area contributed by atoms with Crippen LogP contribution < -0.4 is 5.32 Å². The molecule has 0 aliphatic carbocycles. The van der Waals surface area contributed by atoms with Gasteiger partial charge in [-0.25, -0.2) is 0 Å². The summed E-state index contributed by atoms with van der Waals surface area (Å²) in [7, 11) is 0. The lowest BCUT2D eigenvalue weighted by atomic mass is 9.93. The summed E-state index contributed by atoms with van der Waals surface area (Å²) in [5, 5.41) is 12.2. The van der Waals surface area contributed by atoms with E-state index in [9.17, 15) is 9.90 Å². The highest BCUT2D eigenvalue weighted by Gasteiger charge is 2.28. The van der Waals surface area contributed by atoms with Crippen LogP contribution in [0, 0.1) is 0 Å². The molecule has 1 amide bonds. The second kappa shape index (κ2) is 6.05. The van der Waals surface area contributed by atoms with Crippen molar-refractivity contribution in [1.82, 2.24) is 5.32 Å². The molecule has 1 aromatic heterocycles. The van der Waals surface area contributed by atoms with Gasteiger partial charge >= 0.3 is 0 Å². The van der Waals surface area contributed by atoms with Crippen LogP contribution in [0.2, 0.25) is 8.67 Å². The van der Waals surface area contributed by atoms with Crippen LogP contribution in [0.25, 0.3) is 0 Å². The Hall–Kier alpha value is -0.290. The lowest BCUT2D eigenvalue weighted by Gasteiger charge is -2.30. The minimum Gasteiger partial charge on any atom is -0.394 e. The van der Waals surface area contributed by atoms with Gasteiger partial charge in [-0.05, 0) is 18.9 Å². The number of aliphatic hydroxyl groups is 1. The molecule has 17 heavy (non-hydrogen) atoms. The first-order valence-corrected chi connectivity index (χ1v) is 6.93. The summed E-state index contributed by atoms with van der Waals surface area (Å²) >= 11 is 12.9. The van der Waals surface area contributed by atoms with Gasteiger partial charge in [0.15, 0.2) is 0 Å². The SMILES string of the molecule is CCC(CC)(CO)NC(=O)c1cc(Cl)sc1Cl. The van der Waals surface area contributed by atoms with Gasteiger partial charge in [-0.2, -0.15) is 0 Å². The molecule has 1 aromatic rings. The van der Waals surface area contributed by atoms with Crippen molar-refractivity contribution < 1.29 is 9.90 Å². The quantitative estimate of drug-likeness (QED) is 0.875. The fourth-order valence-electron chi connectivity index (χ4n) is 1.49. The molecule has 0 atom stereocenters. The minimum atomic E-state index is -0.588. The third-order valence-corrected chi connectivity index (χ3v) is 4.42. The number of nitrogens with one attached hydrogen (secondary N) is 1. The van der Waals surface area contributed by atoms with E-state index >= 15 is 0 Å². The van der Waals surface area contributed by atoms with E-state index < -0.39 is 5.54 Å². The zero-order valence-electron chi connectivity index (χ0n) is 9.72. The largest absolute Gasteiger partial charge is 0.394 e. The monoisotopic (exact) mass is 295 g/mol. The van der Waals surface area contributed by atoms with E-state index in [0.717, 1.165) is 11.3 Å². The molecule has 0 aliphatic heterocycles. The molecule has 0 saturated heterocycles. The first-order valence-electron chi connectivity index (χ1n) is 5.36. The molecule has 3 nitrogen and oxygen atoms in total. The highest BCUT2D eigenvalue weighted by atomic mass is 35.5. The summed E-state index contributed by atoms with van der Waals surface area (Å²) in [6.45, 7) is 3.74. The van der Waals surface area contributed by atoms with Gasteiger partial charge in [-0.3, -0.25) is 4.79 Å². The van der Waals surface area contributed by atoms with E-state index in [1.807, 2.05) is 13.8 Å². The summed E-state index contributed by atoms with van der Waals surface area (Å²) in [6.07, 6.45) is 1.31. The Morgan fingerprint density at radius 1 is 1.47 bits per heavy atom. The highest BCUT2D eigenvalue weighted by molar-refractivity contribution is 7.20. The second-order valence-corrected chi connectivity index (χ2v) is 6.12. The molecular weight excluding hydrogens is 281 g/mol. The molecule has 0 spiro atoms. The van der Waals surface area contributed by atoms with Gasteiger partial charge in [0.2, 0.25) is 0 Å². The third kappa shape index (κ3) is 3.35. The standard InChI is InChI=1S/C11H15Cl2NO2S/c1-3-11(4-2,6-15)14-10(16)7-5-8(12)17-9(7)13/h5,15H,3-4,6H2,1-2H3,(H,14,16). The summed E-state index contributed by atoms with van der Waals surface area (Å²) in [6, 6.07) is 1.54. The van der Waals surface area contributed by atoms with Gasteiger partial charge in [0.25, 0.3) is 5.91 Å². The van der Waals surface area contributed by atoms with Gasteiger partial charge < -0.3 is 10.4 Å². The smallest absolute Gasteiger partial charge is 0.254 e. The zero-order chi connectivity index (χ0) is 13.1. The molecular formula is C11H15Cl2NO2S. The molecule has 0 aromatic carbocycles. The Kier molecular flexibility index (Phi) is 5.25. The maximum absolute atomic E-state index is 12.0. The van der Waals surface area contributed by atoms with Crippen molar-refractivity contribution in [3.05, 3.63) is 20.3 Å². The number of hydrogen-bond donors (Lipinski definition) is 2. The van der Waals surface area contributed by atoms with Crippen LogP contribution in [0.3, 0.4) is 0 Å². The number of rotatable bonds is 5. The summed E-state index contributed by atoms with van der Waals surface area (Å²) < 4.78 is 0.842. The van der Waals surface area contributed by atoms with Crippen molar-refractivity contribution in [1.29, 1.82) is 0 Å². The van der Waals surface area contributed by atoms with Gasteiger partial charge in [0, 0.05) is 0 Å². The number of hydrogen-bond acceptors (Lipinski definition) is 3. The number of carbonyl (C=O) groups excluding carboxylic acids is 1. The molecule has 1 rings (SSSR count). The van der Waals surface area contributed by atoms with Crippen LogP contribution in [0.15, 0.2) is 6.07 Å². The van der Waals surface area contributed by atoms with E-state index in [1.165, 1.54) is 6.07 Å². The Morgan fingerprint density at radius 2 is 2.06 bits per heavy atom. The topological polar surface area (TPSA) is 49.3 Å². The lowest BCUT2D eigenvalue weighted by molar-refractivity contribution is 0.0818. The molecule has 0 bridgehead atoms. The fourth-order valence-corrected chi connectivity index (χ4v) is 2.95. The highest BCUT2D eigenvalue weighted by Crippen LogP contribution is 2.31. The van der Waals surface area contributed by atoms with Crippen LogP contribution >= 0.6 is 34.5 Å². The molecule has 0 unspecified atom stereocenters. The van der Waals surface area contributed by atoms with E-state index in [2.05, 4.69) is 5.32 Å². The molecule has 96 valence electrons. The molecule has 0 saturated carbocycles. The lowest BCUT2D eigenvalue weighted by Crippen LogP contribution is -2.50. The molecule has 0 aliphatic rings. The average Bonchev–Trinajstić information content (AvgIpc) is 2.65. The maximum Gasteiger partial charge on any atom is 0.254 e. The number of amides is 1. The van der Waals surface area contributed by atoms with Crippen LogP contribution in [0.5, 0.6) is 0 Å². The zero-order valence-corrected chi connectivity index (χ0v) is 12.0. The van der Waals surface area contributed by atoms with Crippen molar-refractivity contribution in [2.75, 3.05) is 6.61 Å². The predicted molar refractivity (Wildman–Crippen MR) is 72.2 cm³/mol. The van der Waals surface area contributed by atoms with Crippen molar-refractivity contribution in [3.63, 3.8) is 0 Å². The molecule has 2 N–H and O–H groups in total. The van der Waals surface area contributed by atoms with Gasteiger partial charge in [-0.1, -0.05) is 37.0 Å². The van der Waals surface area contributed by atoms with Crippen LogP contribution in [0.4, 0.5) is 0 Å². The van der Waals surface area contributed by atoms with Crippen molar-refractivity contribution >= 4 is 40.4 Å². The van der Waals surface area contributed by atoms with Gasteiger partial charge in [0.05, 0.1) is 22.0 Å². The Morgan fingerprint density at radius 3 is 2.41 bits per heavy atom. The molecule has 0 fully saturated rings. The number of aliphatic hydroxyl groups excluding tert-OH is 1. The second-order valence-electron chi connectivity index (χ2n) is 3.84. The molecule has 6 heteroatoms. The Bertz CT molecular complexity index is 394. The van der Waals surface area contributed by atoms with Gasteiger partial charge in [-0.15, -0.1) is 11.3 Å². The van der Waals surface area contributed by atoms with Crippen molar-refractivity contribution in [2.45, 2.75) is 32.2 Å². The summed E-state index contributed by atoms with van der Waals surface area (Å²) in [4.78, 5) is 12.0. The summed E-state index contributed by atoms with van der Waals surface area (Å²) in [5.74, 6) is -0.295. The Labute approximate surface area is 115 Å². The van der Waals surface area contributed by atoms with E-state index in [-0.39, 0.29) is 12.5 Å². The van der Waals surface area contributed by atoms with Gasteiger partial charge in [0.1, 0.15) is 4.34 Å². The first kappa shape index (κ1) is 14.8. The van der Waals surface area contributed by atoms with E-state index in [1.54, 1.807) is 0 Å². The predicted octanol–water partition coefficient (Wildman–Crippen LogP) is 3.34. The molecule has 1 heterocycles.